The molecule has 0 N–H and O–H groups in total. The number of aromatic nitrogens is 6. The summed E-state index contributed by atoms with van der Waals surface area (Å²) in [7, 11) is 0. The molecule has 4 heterocycles. The Balaban J connectivity index is 1.55. The predicted molar refractivity (Wildman–Crippen MR) is 77.1 cm³/mol. The first-order valence-corrected chi connectivity index (χ1v) is 7.39. The Morgan fingerprint density at radius 1 is 1.27 bits per heavy atom. The molecule has 1 unspecified atom stereocenters. The van der Waals surface area contributed by atoms with Crippen LogP contribution < -0.4 is 0 Å². The molecule has 22 heavy (non-hydrogen) atoms. The summed E-state index contributed by atoms with van der Waals surface area (Å²) in [6, 6.07) is 5.35. The molecule has 0 radical (unpaired) electrons. The Bertz CT molecular complexity index is 867. The van der Waals surface area contributed by atoms with Gasteiger partial charge in [0.2, 0.25) is 16.9 Å². The Morgan fingerprint density at radius 3 is 3.05 bits per heavy atom. The molecule has 0 fully saturated rings. The molecule has 4 rings (SSSR count). The summed E-state index contributed by atoms with van der Waals surface area (Å²) < 4.78 is 12.1. The maximum absolute atomic E-state index is 5.28. The molecule has 0 aromatic carbocycles. The molecule has 0 aliphatic rings. The van der Waals surface area contributed by atoms with Crippen molar-refractivity contribution in [3.63, 3.8) is 0 Å². The lowest BCUT2D eigenvalue weighted by molar-refractivity contribution is 0.379. The topological polar surface area (TPSA) is 95.1 Å². The predicted octanol–water partition coefficient (Wildman–Crippen LogP) is 2.62. The molecule has 0 spiro atoms. The molecular formula is C13H10N6O2S. The van der Waals surface area contributed by atoms with E-state index in [0.717, 1.165) is 0 Å². The summed E-state index contributed by atoms with van der Waals surface area (Å²) in [4.78, 5) is 12.8. The van der Waals surface area contributed by atoms with Crippen LogP contribution in [0.1, 0.15) is 18.1 Å². The Hall–Kier alpha value is -2.68. The second-order valence-corrected chi connectivity index (χ2v) is 5.76. The van der Waals surface area contributed by atoms with E-state index in [4.69, 9.17) is 8.94 Å². The minimum atomic E-state index is -0.0892. The van der Waals surface area contributed by atoms with Crippen molar-refractivity contribution < 1.29 is 8.94 Å². The zero-order chi connectivity index (χ0) is 14.9. The summed E-state index contributed by atoms with van der Waals surface area (Å²) >= 11 is 1.42. The SMILES string of the molecule is CC(Sc1nc2ncccn2n1)c1nc(-c2ccco2)no1. The van der Waals surface area contributed by atoms with Crippen LogP contribution in [0.15, 0.2) is 51.0 Å². The monoisotopic (exact) mass is 314 g/mol. The molecule has 8 nitrogen and oxygen atoms in total. The number of furan rings is 1. The van der Waals surface area contributed by atoms with Crippen LogP contribution in [0.2, 0.25) is 0 Å². The van der Waals surface area contributed by atoms with Gasteiger partial charge in [-0.05, 0) is 25.1 Å². The van der Waals surface area contributed by atoms with Gasteiger partial charge in [0.05, 0.1) is 11.5 Å². The fourth-order valence-corrected chi connectivity index (χ4v) is 2.66. The molecule has 9 heteroatoms. The average molecular weight is 314 g/mol. The van der Waals surface area contributed by atoms with E-state index in [2.05, 4.69) is 25.2 Å². The van der Waals surface area contributed by atoms with E-state index in [1.807, 2.05) is 6.92 Å². The van der Waals surface area contributed by atoms with Gasteiger partial charge in [-0.3, -0.25) is 0 Å². The highest BCUT2D eigenvalue weighted by Gasteiger charge is 2.19. The fraction of sp³-hybridized carbons (Fsp3) is 0.154. The molecule has 0 aliphatic heterocycles. The van der Waals surface area contributed by atoms with Gasteiger partial charge in [0.1, 0.15) is 0 Å². The second-order valence-electron chi connectivity index (χ2n) is 4.45. The van der Waals surface area contributed by atoms with Crippen molar-refractivity contribution in [2.75, 3.05) is 0 Å². The Morgan fingerprint density at radius 2 is 2.23 bits per heavy atom. The Kier molecular flexibility index (Phi) is 3.11. The van der Waals surface area contributed by atoms with Crippen molar-refractivity contribution in [2.24, 2.45) is 0 Å². The van der Waals surface area contributed by atoms with Crippen molar-refractivity contribution in [1.82, 2.24) is 29.7 Å². The summed E-state index contributed by atoms with van der Waals surface area (Å²) in [5, 5.41) is 8.76. The quantitative estimate of drug-likeness (QED) is 0.530. The van der Waals surface area contributed by atoms with Gasteiger partial charge < -0.3 is 8.94 Å². The van der Waals surface area contributed by atoms with Crippen LogP contribution >= 0.6 is 11.8 Å². The van der Waals surface area contributed by atoms with E-state index in [9.17, 15) is 0 Å². The van der Waals surface area contributed by atoms with Crippen LogP contribution in [0, 0.1) is 0 Å². The van der Waals surface area contributed by atoms with Crippen LogP contribution in [-0.4, -0.2) is 29.7 Å². The van der Waals surface area contributed by atoms with Gasteiger partial charge in [-0.1, -0.05) is 16.9 Å². The number of hydrogen-bond acceptors (Lipinski definition) is 8. The van der Waals surface area contributed by atoms with Crippen LogP contribution in [0.3, 0.4) is 0 Å². The van der Waals surface area contributed by atoms with Gasteiger partial charge in [0.25, 0.3) is 5.78 Å². The lowest BCUT2D eigenvalue weighted by Crippen LogP contribution is -1.90. The molecule has 110 valence electrons. The van der Waals surface area contributed by atoms with Crippen LogP contribution in [-0.2, 0) is 0 Å². The third kappa shape index (κ3) is 2.35. The zero-order valence-corrected chi connectivity index (χ0v) is 12.3. The molecule has 4 aromatic rings. The molecule has 1 atom stereocenters. The largest absolute Gasteiger partial charge is 0.461 e. The van der Waals surface area contributed by atoms with Gasteiger partial charge >= 0.3 is 0 Å². The highest BCUT2D eigenvalue weighted by Crippen LogP contribution is 2.32. The van der Waals surface area contributed by atoms with E-state index in [1.165, 1.54) is 11.8 Å². The van der Waals surface area contributed by atoms with Crippen molar-refractivity contribution >= 4 is 17.5 Å². The molecule has 0 saturated heterocycles. The number of nitrogens with zero attached hydrogens (tertiary/aromatic N) is 6. The number of fused-ring (bicyclic) bond motifs is 1. The summed E-state index contributed by atoms with van der Waals surface area (Å²) in [5.41, 5.74) is 0. The number of thioether (sulfide) groups is 1. The van der Waals surface area contributed by atoms with E-state index in [-0.39, 0.29) is 5.25 Å². The fourth-order valence-electron chi connectivity index (χ4n) is 1.88. The number of hydrogen-bond donors (Lipinski definition) is 0. The number of rotatable bonds is 4. The summed E-state index contributed by atoms with van der Waals surface area (Å²) in [5.74, 6) is 2.04. The summed E-state index contributed by atoms with van der Waals surface area (Å²) in [6.45, 7) is 1.95. The summed E-state index contributed by atoms with van der Waals surface area (Å²) in [6.07, 6.45) is 5.04. The molecule has 0 saturated carbocycles. The molecule has 4 aromatic heterocycles. The zero-order valence-electron chi connectivity index (χ0n) is 11.4. The standard InChI is InChI=1S/C13H10N6O2S/c1-8(11-15-10(18-21-11)9-4-2-7-20-9)22-13-16-12-14-5-3-6-19(12)17-13/h2-8H,1H3. The van der Waals surface area contributed by atoms with Crippen LogP contribution in [0.4, 0.5) is 0 Å². The maximum Gasteiger partial charge on any atom is 0.253 e. The maximum atomic E-state index is 5.28. The van der Waals surface area contributed by atoms with Gasteiger partial charge in [0, 0.05) is 12.4 Å². The first-order chi connectivity index (χ1) is 10.8. The first kappa shape index (κ1) is 13.0. The highest BCUT2D eigenvalue weighted by atomic mass is 32.2. The van der Waals surface area contributed by atoms with Crippen LogP contribution in [0.25, 0.3) is 17.4 Å². The average Bonchev–Trinajstić information content (AvgIpc) is 3.26. The van der Waals surface area contributed by atoms with E-state index in [1.54, 1.807) is 41.4 Å². The minimum absolute atomic E-state index is 0.0892. The lowest BCUT2D eigenvalue weighted by Gasteiger charge is -2.00. The van der Waals surface area contributed by atoms with Crippen molar-refractivity contribution in [2.45, 2.75) is 17.3 Å². The van der Waals surface area contributed by atoms with Gasteiger partial charge in [-0.25, -0.2) is 9.50 Å². The van der Waals surface area contributed by atoms with Crippen molar-refractivity contribution in [1.29, 1.82) is 0 Å². The second kappa shape index (κ2) is 5.26. The molecule has 0 aliphatic carbocycles. The smallest absolute Gasteiger partial charge is 0.253 e. The van der Waals surface area contributed by atoms with Gasteiger partial charge in [-0.15, -0.1) is 5.10 Å². The molecular weight excluding hydrogens is 304 g/mol. The Labute approximate surface area is 128 Å². The van der Waals surface area contributed by atoms with Crippen molar-refractivity contribution in [3.05, 3.63) is 42.7 Å². The van der Waals surface area contributed by atoms with Crippen molar-refractivity contribution in [3.8, 4) is 11.6 Å². The van der Waals surface area contributed by atoms with E-state index in [0.29, 0.717) is 28.4 Å². The first-order valence-electron chi connectivity index (χ1n) is 6.51. The minimum Gasteiger partial charge on any atom is -0.461 e. The van der Waals surface area contributed by atoms with Crippen LogP contribution in [0.5, 0.6) is 0 Å². The van der Waals surface area contributed by atoms with E-state index < -0.39 is 0 Å². The molecule has 0 amide bonds. The molecule has 0 bridgehead atoms. The third-order valence-electron chi connectivity index (χ3n) is 2.91. The van der Waals surface area contributed by atoms with E-state index >= 15 is 0 Å². The lowest BCUT2D eigenvalue weighted by atomic mass is 10.4. The highest BCUT2D eigenvalue weighted by molar-refractivity contribution is 7.99. The van der Waals surface area contributed by atoms with Gasteiger partial charge in [0.15, 0.2) is 5.76 Å². The van der Waals surface area contributed by atoms with Gasteiger partial charge in [-0.2, -0.15) is 9.97 Å². The normalized spacial score (nSPS) is 12.8. The third-order valence-corrected chi connectivity index (χ3v) is 3.85.